The minimum absolute atomic E-state index is 0.0180. The molecule has 0 aromatic heterocycles. The van der Waals surface area contributed by atoms with Crippen molar-refractivity contribution in [3.8, 4) is 5.75 Å². The summed E-state index contributed by atoms with van der Waals surface area (Å²) in [6, 6.07) is 11.8. The second-order valence-electron chi connectivity index (χ2n) is 4.73. The highest BCUT2D eigenvalue weighted by atomic mass is 35.5. The maximum absolute atomic E-state index is 10.8. The van der Waals surface area contributed by atoms with Crippen molar-refractivity contribution < 1.29 is 29.5 Å². The number of aliphatic carboxylic acids is 2. The van der Waals surface area contributed by atoms with Gasteiger partial charge < -0.3 is 20.3 Å². The Morgan fingerprint density at radius 3 is 2.19 bits per heavy atom. The lowest BCUT2D eigenvalue weighted by Gasteiger charge is -2.11. The molecule has 0 aliphatic rings. The van der Waals surface area contributed by atoms with Gasteiger partial charge in [-0.15, -0.1) is 0 Å². The lowest BCUT2D eigenvalue weighted by molar-refractivity contribution is -0.384. The number of nitrogens with zero attached hydrogens (tertiary/aromatic N) is 1. The summed E-state index contributed by atoms with van der Waals surface area (Å²) >= 11 is 5.82. The molecular weight excluding hydrogens is 368 g/mol. The van der Waals surface area contributed by atoms with E-state index >= 15 is 0 Å². The number of halogens is 1. The molecule has 0 heterocycles. The maximum atomic E-state index is 10.8. The van der Waals surface area contributed by atoms with E-state index in [9.17, 15) is 10.1 Å². The van der Waals surface area contributed by atoms with E-state index in [1.807, 2.05) is 12.1 Å². The summed E-state index contributed by atoms with van der Waals surface area (Å²) in [5.41, 5.74) is 1.61. The predicted molar refractivity (Wildman–Crippen MR) is 93.7 cm³/mol. The van der Waals surface area contributed by atoms with Crippen molar-refractivity contribution in [1.29, 1.82) is 0 Å². The number of carboxylic acid groups (broad SMARTS) is 2. The number of hydrogen-bond donors (Lipinski definition) is 3. The Balaban J connectivity index is 0.000000487. The lowest BCUT2D eigenvalue weighted by atomic mass is 10.2. The third-order valence-electron chi connectivity index (χ3n) is 2.97. The van der Waals surface area contributed by atoms with Crippen LogP contribution in [-0.4, -0.2) is 34.2 Å². The van der Waals surface area contributed by atoms with Gasteiger partial charge in [0.15, 0.2) is 0 Å². The van der Waals surface area contributed by atoms with Crippen molar-refractivity contribution in [2.45, 2.75) is 6.54 Å². The zero-order valence-electron chi connectivity index (χ0n) is 13.5. The zero-order chi connectivity index (χ0) is 19.7. The topological polar surface area (TPSA) is 139 Å². The van der Waals surface area contributed by atoms with Gasteiger partial charge in [-0.3, -0.25) is 10.1 Å². The van der Waals surface area contributed by atoms with E-state index in [0.29, 0.717) is 23.0 Å². The Morgan fingerprint density at radius 2 is 1.73 bits per heavy atom. The molecule has 2 aromatic rings. The largest absolute Gasteiger partial charge is 0.495 e. The minimum Gasteiger partial charge on any atom is -0.495 e. The van der Waals surface area contributed by atoms with E-state index in [4.69, 9.17) is 36.1 Å². The predicted octanol–water partition coefficient (Wildman–Crippen LogP) is 3.02. The Labute approximate surface area is 152 Å². The number of carboxylic acids is 2. The van der Waals surface area contributed by atoms with Crippen LogP contribution < -0.4 is 10.1 Å². The lowest BCUT2D eigenvalue weighted by Crippen LogP contribution is -2.09. The van der Waals surface area contributed by atoms with Crippen LogP contribution >= 0.6 is 11.6 Å². The Hall–Kier alpha value is -3.33. The number of nitro groups is 1. The summed E-state index contributed by atoms with van der Waals surface area (Å²) in [6.07, 6.45) is 0. The molecule has 0 amide bonds. The number of carbonyl (C=O) groups is 2. The summed E-state index contributed by atoms with van der Waals surface area (Å²) < 4.78 is 5.18. The first kappa shape index (κ1) is 20.7. The van der Waals surface area contributed by atoms with Crippen molar-refractivity contribution in [1.82, 2.24) is 0 Å². The van der Waals surface area contributed by atoms with Crippen molar-refractivity contribution in [2.24, 2.45) is 0 Å². The van der Waals surface area contributed by atoms with Gasteiger partial charge in [0.1, 0.15) is 5.75 Å². The van der Waals surface area contributed by atoms with Gasteiger partial charge in [0.2, 0.25) is 0 Å². The summed E-state index contributed by atoms with van der Waals surface area (Å²) in [7, 11) is 1.52. The van der Waals surface area contributed by atoms with Crippen LogP contribution in [0.2, 0.25) is 5.02 Å². The van der Waals surface area contributed by atoms with Gasteiger partial charge in [-0.05, 0) is 23.8 Å². The molecule has 0 aliphatic heterocycles. The van der Waals surface area contributed by atoms with Crippen LogP contribution in [0.1, 0.15) is 5.56 Å². The van der Waals surface area contributed by atoms with E-state index in [-0.39, 0.29) is 5.69 Å². The SMILES string of the molecule is COc1ccc([N+](=O)[O-])cc1NCc1ccc(Cl)cc1.O=C(O)C(=O)O. The average Bonchev–Trinajstić information content (AvgIpc) is 2.61. The van der Waals surface area contributed by atoms with Crippen LogP contribution in [0, 0.1) is 10.1 Å². The smallest absolute Gasteiger partial charge is 0.414 e. The number of anilines is 1. The third-order valence-corrected chi connectivity index (χ3v) is 3.23. The Kier molecular flexibility index (Phi) is 7.84. The maximum Gasteiger partial charge on any atom is 0.414 e. The second-order valence-corrected chi connectivity index (χ2v) is 5.17. The van der Waals surface area contributed by atoms with Crippen molar-refractivity contribution in [3.63, 3.8) is 0 Å². The molecule has 0 atom stereocenters. The molecule has 9 nitrogen and oxygen atoms in total. The van der Waals surface area contributed by atoms with E-state index in [2.05, 4.69) is 5.32 Å². The molecule has 0 saturated heterocycles. The van der Waals surface area contributed by atoms with Crippen LogP contribution in [0.15, 0.2) is 42.5 Å². The summed E-state index contributed by atoms with van der Waals surface area (Å²) in [4.78, 5) is 28.5. The molecule has 0 radical (unpaired) electrons. The van der Waals surface area contributed by atoms with Crippen molar-refractivity contribution in [2.75, 3.05) is 12.4 Å². The second kappa shape index (κ2) is 9.84. The van der Waals surface area contributed by atoms with Gasteiger partial charge in [-0.2, -0.15) is 0 Å². The van der Waals surface area contributed by atoms with E-state index in [1.54, 1.807) is 18.2 Å². The first-order valence-corrected chi connectivity index (χ1v) is 7.39. The average molecular weight is 383 g/mol. The standard InChI is InChI=1S/C14H13ClN2O3.C2H2O4/c1-20-14-7-6-12(17(18)19)8-13(14)16-9-10-2-4-11(15)5-3-10;3-1(4)2(5)6/h2-8,16H,9H2,1H3;(H,3,4)(H,5,6). The fourth-order valence-corrected chi connectivity index (χ4v) is 1.87. The van der Waals surface area contributed by atoms with E-state index in [0.717, 1.165) is 5.56 Å². The normalized spacial score (nSPS) is 9.46. The number of ether oxygens (including phenoxy) is 1. The first-order chi connectivity index (χ1) is 12.2. The summed E-state index contributed by atoms with van der Waals surface area (Å²) in [5, 5.41) is 29.4. The number of nitrogens with one attached hydrogen (secondary N) is 1. The molecule has 138 valence electrons. The molecule has 3 N–H and O–H groups in total. The van der Waals surface area contributed by atoms with Crippen LogP contribution in [-0.2, 0) is 16.1 Å². The number of rotatable bonds is 5. The highest BCUT2D eigenvalue weighted by Crippen LogP contribution is 2.29. The van der Waals surface area contributed by atoms with Crippen LogP contribution in [0.25, 0.3) is 0 Å². The Bertz CT molecular complexity index is 782. The number of methoxy groups -OCH3 is 1. The zero-order valence-corrected chi connectivity index (χ0v) is 14.3. The molecule has 10 heteroatoms. The van der Waals surface area contributed by atoms with Gasteiger partial charge >= 0.3 is 11.9 Å². The molecule has 0 spiro atoms. The number of hydrogen-bond acceptors (Lipinski definition) is 6. The van der Waals surface area contributed by atoms with Gasteiger partial charge in [0, 0.05) is 23.7 Å². The third kappa shape index (κ3) is 6.65. The van der Waals surface area contributed by atoms with E-state index < -0.39 is 16.9 Å². The molecule has 0 saturated carbocycles. The van der Waals surface area contributed by atoms with Crippen molar-refractivity contribution >= 4 is 34.9 Å². The van der Waals surface area contributed by atoms with Crippen LogP contribution in [0.4, 0.5) is 11.4 Å². The molecule has 2 aromatic carbocycles. The molecule has 26 heavy (non-hydrogen) atoms. The fraction of sp³-hybridized carbons (Fsp3) is 0.125. The van der Waals surface area contributed by atoms with E-state index in [1.165, 1.54) is 19.2 Å². The number of benzene rings is 2. The number of non-ortho nitro benzene ring substituents is 1. The Morgan fingerprint density at radius 1 is 1.15 bits per heavy atom. The highest BCUT2D eigenvalue weighted by Gasteiger charge is 2.11. The fourth-order valence-electron chi connectivity index (χ4n) is 1.75. The van der Waals surface area contributed by atoms with Gasteiger partial charge in [0.05, 0.1) is 17.7 Å². The van der Waals surface area contributed by atoms with Gasteiger partial charge in [-0.25, -0.2) is 9.59 Å². The van der Waals surface area contributed by atoms with Crippen LogP contribution in [0.3, 0.4) is 0 Å². The summed E-state index contributed by atoms with van der Waals surface area (Å²) in [6.45, 7) is 0.523. The number of nitro benzene ring substituents is 1. The molecule has 0 fully saturated rings. The highest BCUT2D eigenvalue weighted by molar-refractivity contribution is 6.30. The molecule has 2 rings (SSSR count). The van der Waals surface area contributed by atoms with Crippen molar-refractivity contribution in [3.05, 3.63) is 63.2 Å². The minimum atomic E-state index is -1.82. The molecule has 0 bridgehead atoms. The molecular formula is C16H15ClN2O7. The van der Waals surface area contributed by atoms with Gasteiger partial charge in [0.25, 0.3) is 5.69 Å². The molecule has 0 unspecified atom stereocenters. The summed E-state index contributed by atoms with van der Waals surface area (Å²) in [5.74, 6) is -3.09. The van der Waals surface area contributed by atoms with Crippen LogP contribution in [0.5, 0.6) is 5.75 Å². The first-order valence-electron chi connectivity index (χ1n) is 7.01. The monoisotopic (exact) mass is 382 g/mol. The van der Waals surface area contributed by atoms with Gasteiger partial charge in [-0.1, -0.05) is 23.7 Å². The molecule has 0 aliphatic carbocycles. The quantitative estimate of drug-likeness (QED) is 0.407.